The van der Waals surface area contributed by atoms with Gasteiger partial charge in [0.1, 0.15) is 5.75 Å². The Labute approximate surface area is 203 Å². The molecule has 3 N–H and O–H groups in total. The second-order valence-electron chi connectivity index (χ2n) is 9.15. The molecule has 0 aliphatic heterocycles. The molecule has 0 saturated carbocycles. The highest BCUT2D eigenvalue weighted by Gasteiger charge is 2.17. The summed E-state index contributed by atoms with van der Waals surface area (Å²) < 4.78 is 5.25. The van der Waals surface area contributed by atoms with Crippen LogP contribution in [0.3, 0.4) is 0 Å². The molecule has 0 aliphatic rings. The van der Waals surface area contributed by atoms with Gasteiger partial charge in [-0.3, -0.25) is 0 Å². The molecular weight excluding hydrogens is 422 g/mol. The number of para-hydroxylation sites is 1. The van der Waals surface area contributed by atoms with Crippen LogP contribution < -0.4 is 20.7 Å². The zero-order valence-electron chi connectivity index (χ0n) is 20.9. The Morgan fingerprint density at radius 1 is 0.824 bits per heavy atom. The smallest absolute Gasteiger partial charge is 0.319 e. The standard InChI is InChI=1S/C29H37N3O2/c1-20(2)25-12-9-13-26(21(3)4)28(25)32-29(33)31-19-27(23-10-7-6-8-11-23)30-18-22-14-16-24(34-5)17-15-22/h6-17,20-21,27,30H,18-19H2,1-5H3,(H2,31,32,33)/t27-/m0/s1. The summed E-state index contributed by atoms with van der Waals surface area (Å²) in [4.78, 5) is 13.0. The maximum Gasteiger partial charge on any atom is 0.319 e. The van der Waals surface area contributed by atoms with Gasteiger partial charge in [-0.1, -0.05) is 88.4 Å². The van der Waals surface area contributed by atoms with Crippen LogP contribution in [0.5, 0.6) is 5.75 Å². The van der Waals surface area contributed by atoms with Crippen molar-refractivity contribution in [2.45, 2.75) is 52.1 Å². The van der Waals surface area contributed by atoms with Gasteiger partial charge in [-0.25, -0.2) is 4.79 Å². The zero-order chi connectivity index (χ0) is 24.5. The normalized spacial score (nSPS) is 12.0. The highest BCUT2D eigenvalue weighted by Crippen LogP contribution is 2.32. The Morgan fingerprint density at radius 2 is 1.44 bits per heavy atom. The number of rotatable bonds is 10. The minimum atomic E-state index is -0.192. The molecule has 180 valence electrons. The van der Waals surface area contributed by atoms with Crippen LogP contribution in [0.2, 0.25) is 0 Å². The van der Waals surface area contributed by atoms with Gasteiger partial charge in [-0.15, -0.1) is 0 Å². The lowest BCUT2D eigenvalue weighted by Gasteiger charge is -2.23. The fourth-order valence-electron chi connectivity index (χ4n) is 4.03. The Hall–Kier alpha value is -3.31. The van der Waals surface area contributed by atoms with E-state index in [1.807, 2.05) is 42.5 Å². The molecule has 0 fully saturated rings. The lowest BCUT2D eigenvalue weighted by atomic mass is 9.93. The Balaban J connectivity index is 1.70. The lowest BCUT2D eigenvalue weighted by molar-refractivity contribution is 0.250. The van der Waals surface area contributed by atoms with E-state index in [0.717, 1.165) is 33.7 Å². The SMILES string of the molecule is COc1ccc(CN[C@@H](CNC(=O)Nc2c(C(C)C)cccc2C(C)C)c2ccccc2)cc1. The van der Waals surface area contributed by atoms with Gasteiger partial charge in [0.05, 0.1) is 7.11 Å². The van der Waals surface area contributed by atoms with Crippen molar-refractivity contribution < 1.29 is 9.53 Å². The third-order valence-corrected chi connectivity index (χ3v) is 5.99. The van der Waals surface area contributed by atoms with E-state index in [4.69, 9.17) is 4.74 Å². The van der Waals surface area contributed by atoms with Crippen molar-refractivity contribution in [2.75, 3.05) is 19.0 Å². The Morgan fingerprint density at radius 3 is 2.00 bits per heavy atom. The van der Waals surface area contributed by atoms with Crippen molar-refractivity contribution in [2.24, 2.45) is 0 Å². The molecule has 34 heavy (non-hydrogen) atoms. The lowest BCUT2D eigenvalue weighted by Crippen LogP contribution is -2.37. The maximum absolute atomic E-state index is 13.0. The van der Waals surface area contributed by atoms with Crippen molar-refractivity contribution in [1.29, 1.82) is 0 Å². The van der Waals surface area contributed by atoms with E-state index in [-0.39, 0.29) is 12.1 Å². The number of benzene rings is 3. The minimum absolute atomic E-state index is 0.0287. The molecule has 3 aromatic carbocycles. The van der Waals surface area contributed by atoms with Crippen LogP contribution in [0.1, 0.15) is 67.8 Å². The molecule has 5 heteroatoms. The van der Waals surface area contributed by atoms with Gasteiger partial charge in [0.15, 0.2) is 0 Å². The third-order valence-electron chi connectivity index (χ3n) is 5.99. The first-order valence-electron chi connectivity index (χ1n) is 12.0. The predicted molar refractivity (Wildman–Crippen MR) is 141 cm³/mol. The van der Waals surface area contributed by atoms with Gasteiger partial charge in [0, 0.05) is 24.8 Å². The summed E-state index contributed by atoms with van der Waals surface area (Å²) in [5.74, 6) is 1.47. The maximum atomic E-state index is 13.0. The number of hydrogen-bond acceptors (Lipinski definition) is 3. The number of methoxy groups -OCH3 is 1. The highest BCUT2D eigenvalue weighted by molar-refractivity contribution is 5.91. The zero-order valence-corrected chi connectivity index (χ0v) is 20.9. The topological polar surface area (TPSA) is 62.4 Å². The number of carbonyl (C=O) groups is 1. The van der Waals surface area contributed by atoms with Gasteiger partial charge in [0.2, 0.25) is 0 Å². The minimum Gasteiger partial charge on any atom is -0.497 e. The fourth-order valence-corrected chi connectivity index (χ4v) is 4.03. The number of nitrogens with one attached hydrogen (secondary N) is 3. The average molecular weight is 460 g/mol. The molecule has 0 unspecified atom stereocenters. The predicted octanol–water partition coefficient (Wildman–Crippen LogP) is 6.59. The molecule has 0 aromatic heterocycles. The quantitative estimate of drug-likeness (QED) is 0.320. The van der Waals surface area contributed by atoms with E-state index in [1.54, 1.807) is 7.11 Å². The molecule has 2 amide bonds. The molecule has 0 aliphatic carbocycles. The van der Waals surface area contributed by atoms with E-state index in [9.17, 15) is 4.79 Å². The second-order valence-corrected chi connectivity index (χ2v) is 9.15. The molecule has 0 heterocycles. The van der Waals surface area contributed by atoms with E-state index in [2.05, 4.69) is 74.0 Å². The molecule has 3 aromatic rings. The van der Waals surface area contributed by atoms with E-state index in [1.165, 1.54) is 0 Å². The second kappa shape index (κ2) is 12.2. The van der Waals surface area contributed by atoms with Crippen LogP contribution in [0, 0.1) is 0 Å². The van der Waals surface area contributed by atoms with Gasteiger partial charge in [-0.2, -0.15) is 0 Å². The van der Waals surface area contributed by atoms with Gasteiger partial charge < -0.3 is 20.7 Å². The van der Waals surface area contributed by atoms with Crippen molar-refractivity contribution in [3.63, 3.8) is 0 Å². The van der Waals surface area contributed by atoms with E-state index < -0.39 is 0 Å². The molecule has 0 bridgehead atoms. The Kier molecular flexibility index (Phi) is 9.11. The highest BCUT2D eigenvalue weighted by atomic mass is 16.5. The first-order valence-corrected chi connectivity index (χ1v) is 12.0. The number of carbonyl (C=O) groups excluding carboxylic acids is 1. The molecule has 5 nitrogen and oxygen atoms in total. The van der Waals surface area contributed by atoms with E-state index in [0.29, 0.717) is 24.9 Å². The summed E-state index contributed by atoms with van der Waals surface area (Å²) >= 11 is 0. The van der Waals surface area contributed by atoms with Gasteiger partial charge >= 0.3 is 6.03 Å². The largest absolute Gasteiger partial charge is 0.497 e. The average Bonchev–Trinajstić information content (AvgIpc) is 2.84. The van der Waals surface area contributed by atoms with Crippen molar-refractivity contribution in [3.05, 3.63) is 95.1 Å². The molecular formula is C29H37N3O2. The molecule has 3 rings (SSSR count). The van der Waals surface area contributed by atoms with Crippen molar-refractivity contribution >= 4 is 11.7 Å². The molecule has 0 saturated heterocycles. The number of amides is 2. The van der Waals surface area contributed by atoms with Gasteiger partial charge in [-0.05, 0) is 46.2 Å². The molecule has 0 spiro atoms. The third kappa shape index (κ3) is 6.84. The first kappa shape index (κ1) is 25.3. The van der Waals surface area contributed by atoms with E-state index >= 15 is 0 Å². The van der Waals surface area contributed by atoms with Crippen LogP contribution in [0.25, 0.3) is 0 Å². The summed E-state index contributed by atoms with van der Waals surface area (Å²) in [7, 11) is 1.67. The first-order chi connectivity index (χ1) is 16.4. The van der Waals surface area contributed by atoms with Crippen LogP contribution in [-0.4, -0.2) is 19.7 Å². The van der Waals surface area contributed by atoms with Gasteiger partial charge in [0.25, 0.3) is 0 Å². The number of ether oxygens (including phenoxy) is 1. The van der Waals surface area contributed by atoms with Crippen LogP contribution in [0.4, 0.5) is 10.5 Å². The van der Waals surface area contributed by atoms with Crippen molar-refractivity contribution in [3.8, 4) is 5.75 Å². The van der Waals surface area contributed by atoms with Crippen LogP contribution in [-0.2, 0) is 6.54 Å². The monoisotopic (exact) mass is 459 g/mol. The number of urea groups is 1. The molecule has 0 radical (unpaired) electrons. The number of anilines is 1. The fraction of sp³-hybridized carbons (Fsp3) is 0.345. The number of hydrogen-bond donors (Lipinski definition) is 3. The van der Waals surface area contributed by atoms with Crippen LogP contribution in [0.15, 0.2) is 72.8 Å². The summed E-state index contributed by atoms with van der Waals surface area (Å²) in [6.45, 7) is 9.75. The van der Waals surface area contributed by atoms with Crippen LogP contribution >= 0.6 is 0 Å². The molecule has 1 atom stereocenters. The Bertz CT molecular complexity index is 1020. The summed E-state index contributed by atoms with van der Waals surface area (Å²) in [5.41, 5.74) is 5.50. The summed E-state index contributed by atoms with van der Waals surface area (Å²) in [6, 6.07) is 24.2. The summed E-state index contributed by atoms with van der Waals surface area (Å²) in [6.07, 6.45) is 0. The van der Waals surface area contributed by atoms with Crippen molar-refractivity contribution in [1.82, 2.24) is 10.6 Å². The summed E-state index contributed by atoms with van der Waals surface area (Å²) in [5, 5.41) is 9.81.